The zero-order valence-corrected chi connectivity index (χ0v) is 10.6. The Balaban J connectivity index is 1.93. The van der Waals surface area contributed by atoms with Gasteiger partial charge in [-0.1, -0.05) is 0 Å². The fourth-order valence-corrected chi connectivity index (χ4v) is 2.40. The molecule has 104 valence electrons. The number of hydrogen-bond donors (Lipinski definition) is 2. The third kappa shape index (κ3) is 2.27. The highest BCUT2D eigenvalue weighted by atomic mass is 19.1. The van der Waals surface area contributed by atoms with Gasteiger partial charge >= 0.3 is 5.69 Å². The minimum absolute atomic E-state index is 0.333. The van der Waals surface area contributed by atoms with Crippen molar-refractivity contribution in [3.8, 4) is 11.3 Å². The van der Waals surface area contributed by atoms with E-state index in [1.54, 1.807) is 6.20 Å². The zero-order valence-electron chi connectivity index (χ0n) is 10.6. The lowest BCUT2D eigenvalue weighted by Crippen LogP contribution is -2.08. The maximum atomic E-state index is 13.3. The number of aromatic nitrogens is 2. The Morgan fingerprint density at radius 3 is 3.00 bits per heavy atom. The van der Waals surface area contributed by atoms with Crippen molar-refractivity contribution < 1.29 is 9.31 Å². The van der Waals surface area contributed by atoms with E-state index >= 15 is 0 Å². The fourth-order valence-electron chi connectivity index (χ4n) is 2.40. The minimum atomic E-state index is -0.835. The van der Waals surface area contributed by atoms with Gasteiger partial charge in [-0.25, -0.2) is 4.98 Å². The van der Waals surface area contributed by atoms with E-state index in [-0.39, 0.29) is 0 Å². The van der Waals surface area contributed by atoms with Crippen molar-refractivity contribution >= 4 is 5.69 Å². The van der Waals surface area contributed by atoms with E-state index in [1.165, 1.54) is 12.1 Å². The third-order valence-corrected chi connectivity index (χ3v) is 3.50. The summed E-state index contributed by atoms with van der Waals surface area (Å²) in [5.74, 6) is 0.356. The first-order valence-electron chi connectivity index (χ1n) is 6.35. The summed E-state index contributed by atoms with van der Waals surface area (Å²) in [4.78, 5) is 17.5. The van der Waals surface area contributed by atoms with Gasteiger partial charge in [0.15, 0.2) is 0 Å². The average molecular weight is 276 g/mol. The van der Waals surface area contributed by atoms with Crippen LogP contribution in [0.15, 0.2) is 24.4 Å². The van der Waals surface area contributed by atoms with Crippen LogP contribution in [-0.2, 0) is 0 Å². The molecule has 0 aliphatic carbocycles. The van der Waals surface area contributed by atoms with Gasteiger partial charge in [-0.2, -0.15) is 4.39 Å². The SMILES string of the molecule is O=[N+]([O-])c1cc(-c2cnc(C3CCNC3)[nH]2)ccc1F. The largest absolute Gasteiger partial charge is 0.342 e. The maximum absolute atomic E-state index is 13.3. The quantitative estimate of drug-likeness (QED) is 0.665. The molecule has 1 aliphatic heterocycles. The number of nitrogens with zero attached hydrogens (tertiary/aromatic N) is 2. The molecule has 0 amide bonds. The lowest BCUT2D eigenvalue weighted by atomic mass is 10.1. The van der Waals surface area contributed by atoms with Crippen molar-refractivity contribution in [2.75, 3.05) is 13.1 Å². The van der Waals surface area contributed by atoms with E-state index in [1.807, 2.05) is 0 Å². The molecule has 2 heterocycles. The minimum Gasteiger partial charge on any atom is -0.342 e. The predicted octanol–water partition coefficient (Wildman–Crippen LogP) is 2.20. The predicted molar refractivity (Wildman–Crippen MR) is 70.9 cm³/mol. The summed E-state index contributed by atoms with van der Waals surface area (Å²) in [5.41, 5.74) is 0.694. The number of H-pyrrole nitrogens is 1. The van der Waals surface area contributed by atoms with Crippen LogP contribution < -0.4 is 5.32 Å². The summed E-state index contributed by atoms with van der Waals surface area (Å²) in [6, 6.07) is 3.83. The second-order valence-electron chi connectivity index (χ2n) is 4.80. The standard InChI is InChI=1S/C13H13FN4O2/c14-10-2-1-8(5-12(10)18(19)20)11-7-16-13(17-11)9-3-4-15-6-9/h1-2,5,7,9,15H,3-4,6H2,(H,16,17). The van der Waals surface area contributed by atoms with Gasteiger partial charge in [0, 0.05) is 24.1 Å². The van der Waals surface area contributed by atoms with Gasteiger partial charge in [0.1, 0.15) is 5.82 Å². The summed E-state index contributed by atoms with van der Waals surface area (Å²) in [5, 5.41) is 14.0. The second-order valence-corrected chi connectivity index (χ2v) is 4.80. The Labute approximate surface area is 114 Å². The summed E-state index contributed by atoms with van der Waals surface area (Å²) < 4.78 is 13.3. The van der Waals surface area contributed by atoms with Crippen molar-refractivity contribution in [2.45, 2.75) is 12.3 Å². The van der Waals surface area contributed by atoms with Crippen molar-refractivity contribution in [1.29, 1.82) is 0 Å². The Bertz CT molecular complexity index is 650. The fraction of sp³-hybridized carbons (Fsp3) is 0.308. The van der Waals surface area contributed by atoms with Crippen LogP contribution in [0.1, 0.15) is 18.2 Å². The molecular weight excluding hydrogens is 263 g/mol. The molecule has 1 fully saturated rings. The number of aromatic amines is 1. The lowest BCUT2D eigenvalue weighted by molar-refractivity contribution is -0.387. The highest BCUT2D eigenvalue weighted by molar-refractivity contribution is 5.62. The first-order chi connectivity index (χ1) is 9.65. The molecule has 1 aromatic carbocycles. The van der Waals surface area contributed by atoms with E-state index in [4.69, 9.17) is 0 Å². The number of halogens is 1. The van der Waals surface area contributed by atoms with Crippen molar-refractivity contribution in [1.82, 2.24) is 15.3 Å². The first kappa shape index (κ1) is 12.7. The smallest absolute Gasteiger partial charge is 0.305 e. The monoisotopic (exact) mass is 276 g/mol. The van der Waals surface area contributed by atoms with Crippen LogP contribution in [0.5, 0.6) is 0 Å². The summed E-state index contributed by atoms with van der Waals surface area (Å²) in [6.07, 6.45) is 2.64. The third-order valence-electron chi connectivity index (χ3n) is 3.50. The highest BCUT2D eigenvalue weighted by Crippen LogP contribution is 2.27. The number of benzene rings is 1. The van der Waals surface area contributed by atoms with Gasteiger partial charge < -0.3 is 10.3 Å². The summed E-state index contributed by atoms with van der Waals surface area (Å²) in [7, 11) is 0. The number of hydrogen-bond acceptors (Lipinski definition) is 4. The summed E-state index contributed by atoms with van der Waals surface area (Å²) >= 11 is 0. The molecule has 3 rings (SSSR count). The molecule has 0 radical (unpaired) electrons. The molecular formula is C13H13FN4O2. The van der Waals surface area contributed by atoms with Crippen LogP contribution in [0.4, 0.5) is 10.1 Å². The number of rotatable bonds is 3. The Morgan fingerprint density at radius 2 is 2.30 bits per heavy atom. The van der Waals surface area contributed by atoms with Crippen LogP contribution in [0, 0.1) is 15.9 Å². The number of nitrogens with one attached hydrogen (secondary N) is 2. The van der Waals surface area contributed by atoms with Crippen LogP contribution >= 0.6 is 0 Å². The molecule has 0 bridgehead atoms. The number of nitro groups is 1. The first-order valence-corrected chi connectivity index (χ1v) is 6.35. The van der Waals surface area contributed by atoms with Crippen LogP contribution in [0.25, 0.3) is 11.3 Å². The van der Waals surface area contributed by atoms with E-state index in [0.29, 0.717) is 17.2 Å². The molecule has 0 spiro atoms. The van der Waals surface area contributed by atoms with Crippen molar-refractivity contribution in [2.24, 2.45) is 0 Å². The normalized spacial score (nSPS) is 18.4. The Hall–Kier alpha value is -2.28. The molecule has 1 atom stereocenters. The second kappa shape index (κ2) is 5.01. The van der Waals surface area contributed by atoms with Gasteiger partial charge in [0.25, 0.3) is 0 Å². The van der Waals surface area contributed by atoms with E-state index in [9.17, 15) is 14.5 Å². The molecule has 1 saturated heterocycles. The Kier molecular flexibility index (Phi) is 3.19. The molecule has 20 heavy (non-hydrogen) atoms. The van der Waals surface area contributed by atoms with Gasteiger partial charge in [0.05, 0.1) is 16.8 Å². The molecule has 1 aromatic heterocycles. The molecule has 7 heteroatoms. The van der Waals surface area contributed by atoms with Gasteiger partial charge in [-0.15, -0.1) is 0 Å². The molecule has 1 unspecified atom stereocenters. The van der Waals surface area contributed by atoms with Crippen LogP contribution in [0.2, 0.25) is 0 Å². The van der Waals surface area contributed by atoms with Crippen molar-refractivity contribution in [3.63, 3.8) is 0 Å². The molecule has 2 N–H and O–H groups in total. The van der Waals surface area contributed by atoms with Crippen LogP contribution in [-0.4, -0.2) is 28.0 Å². The van der Waals surface area contributed by atoms with Gasteiger partial charge in [0.2, 0.25) is 5.82 Å². The molecule has 0 saturated carbocycles. The van der Waals surface area contributed by atoms with E-state index in [0.717, 1.165) is 31.4 Å². The zero-order chi connectivity index (χ0) is 14.1. The number of nitro benzene ring substituents is 1. The number of imidazole rings is 1. The average Bonchev–Trinajstić information content (AvgIpc) is 3.09. The molecule has 6 nitrogen and oxygen atoms in total. The lowest BCUT2D eigenvalue weighted by Gasteiger charge is -2.03. The topological polar surface area (TPSA) is 83.8 Å². The molecule has 1 aliphatic rings. The Morgan fingerprint density at radius 1 is 1.45 bits per heavy atom. The summed E-state index contributed by atoms with van der Waals surface area (Å²) in [6.45, 7) is 1.83. The maximum Gasteiger partial charge on any atom is 0.305 e. The molecule has 2 aromatic rings. The van der Waals surface area contributed by atoms with E-state index < -0.39 is 16.4 Å². The van der Waals surface area contributed by atoms with Gasteiger partial charge in [-0.05, 0) is 25.1 Å². The van der Waals surface area contributed by atoms with Crippen LogP contribution in [0.3, 0.4) is 0 Å². The van der Waals surface area contributed by atoms with E-state index in [2.05, 4.69) is 15.3 Å². The van der Waals surface area contributed by atoms with Crippen molar-refractivity contribution in [3.05, 3.63) is 46.2 Å². The highest BCUT2D eigenvalue weighted by Gasteiger charge is 2.20. The van der Waals surface area contributed by atoms with Gasteiger partial charge in [-0.3, -0.25) is 10.1 Å².